The van der Waals surface area contributed by atoms with Crippen LogP contribution in [0, 0.1) is 13.8 Å². The molecule has 0 fully saturated rings. The zero-order valence-corrected chi connectivity index (χ0v) is 15.7. The van der Waals surface area contributed by atoms with Crippen LogP contribution in [-0.4, -0.2) is 11.5 Å². The molecule has 0 aliphatic heterocycles. The van der Waals surface area contributed by atoms with Crippen LogP contribution in [0.3, 0.4) is 0 Å². The van der Waals surface area contributed by atoms with E-state index in [-0.39, 0.29) is 5.43 Å². The van der Waals surface area contributed by atoms with Crippen LogP contribution >= 0.6 is 11.6 Å². The Morgan fingerprint density at radius 2 is 1.80 bits per heavy atom. The summed E-state index contributed by atoms with van der Waals surface area (Å²) < 4.78 is 0. The first-order valence-corrected chi connectivity index (χ1v) is 9.06. The number of halogens is 1. The maximum Gasteiger partial charge on any atom is 0.198 e. The number of hydrogen-bond acceptors (Lipinski definition) is 1. The van der Waals surface area contributed by atoms with Crippen LogP contribution < -0.4 is 10.3 Å². The molecule has 3 aromatic rings. The first kappa shape index (κ1) is 17.7. The summed E-state index contributed by atoms with van der Waals surface area (Å²) in [5.41, 5.74) is 5.06. The molecule has 0 aliphatic carbocycles. The van der Waals surface area contributed by atoms with E-state index < -0.39 is 0 Å². The van der Waals surface area contributed by atoms with Gasteiger partial charge in [0.2, 0.25) is 0 Å². The van der Waals surface area contributed by atoms with Crippen molar-refractivity contribution in [2.24, 2.45) is 0 Å². The van der Waals surface area contributed by atoms with Crippen LogP contribution in [0.15, 0.2) is 47.3 Å². The van der Waals surface area contributed by atoms with Gasteiger partial charge in [0.15, 0.2) is 5.43 Å². The summed E-state index contributed by atoms with van der Waals surface area (Å²) in [7, 11) is 0. The number of aromatic nitrogens is 1. The maximum atomic E-state index is 13.1. The summed E-state index contributed by atoms with van der Waals surface area (Å²) in [5.74, 6) is 0. The van der Waals surface area contributed by atoms with Crippen molar-refractivity contribution in [2.75, 3.05) is 6.54 Å². The normalized spacial score (nSPS) is 12.5. The lowest BCUT2D eigenvalue weighted by Gasteiger charge is -2.19. The Bertz CT molecular complexity index is 948. The Morgan fingerprint density at radius 3 is 2.48 bits per heavy atom. The Hall–Kier alpha value is -2.10. The third kappa shape index (κ3) is 3.78. The Kier molecular flexibility index (Phi) is 5.26. The van der Waals surface area contributed by atoms with Gasteiger partial charge in [0.25, 0.3) is 0 Å². The predicted molar refractivity (Wildman–Crippen MR) is 104 cm³/mol. The van der Waals surface area contributed by atoms with E-state index in [2.05, 4.69) is 36.2 Å². The smallest absolute Gasteiger partial charge is 0.198 e. The SMILES string of the molecule is CC[NH+](Cc1ccccc1)Cc1c(C)[nH]c2c(C)cc(Cl)cc2c1=O. The van der Waals surface area contributed by atoms with E-state index in [0.717, 1.165) is 35.4 Å². The topological polar surface area (TPSA) is 37.3 Å². The molecule has 2 N–H and O–H groups in total. The number of rotatable bonds is 5. The summed E-state index contributed by atoms with van der Waals surface area (Å²) >= 11 is 6.17. The molecule has 0 bridgehead atoms. The fraction of sp³-hybridized carbons (Fsp3) is 0.286. The number of pyridine rings is 1. The molecule has 25 heavy (non-hydrogen) atoms. The number of benzene rings is 2. The molecule has 3 nitrogen and oxygen atoms in total. The van der Waals surface area contributed by atoms with Gasteiger partial charge in [-0.15, -0.1) is 0 Å². The van der Waals surface area contributed by atoms with Gasteiger partial charge in [-0.25, -0.2) is 0 Å². The predicted octanol–water partition coefficient (Wildman–Crippen LogP) is 3.40. The fourth-order valence-corrected chi connectivity index (χ4v) is 3.62. The molecule has 0 spiro atoms. The van der Waals surface area contributed by atoms with Gasteiger partial charge < -0.3 is 9.88 Å². The monoisotopic (exact) mass is 355 g/mol. The second-order valence-electron chi connectivity index (χ2n) is 6.65. The van der Waals surface area contributed by atoms with E-state index in [9.17, 15) is 4.79 Å². The summed E-state index contributed by atoms with van der Waals surface area (Å²) in [6.45, 7) is 8.68. The average Bonchev–Trinajstić information content (AvgIpc) is 2.59. The summed E-state index contributed by atoms with van der Waals surface area (Å²) in [6.07, 6.45) is 0. The molecular weight excluding hydrogens is 332 g/mol. The number of fused-ring (bicyclic) bond motifs is 1. The van der Waals surface area contributed by atoms with Crippen molar-refractivity contribution >= 4 is 22.5 Å². The molecule has 3 rings (SSSR count). The van der Waals surface area contributed by atoms with Gasteiger partial charge in [-0.2, -0.15) is 0 Å². The van der Waals surface area contributed by atoms with Crippen LogP contribution in [0.5, 0.6) is 0 Å². The first-order chi connectivity index (χ1) is 12.0. The zero-order chi connectivity index (χ0) is 18.0. The molecular formula is C21H24ClN2O+. The van der Waals surface area contributed by atoms with Gasteiger partial charge in [-0.1, -0.05) is 41.9 Å². The van der Waals surface area contributed by atoms with E-state index in [1.165, 1.54) is 10.5 Å². The Labute approximate surface area is 153 Å². The minimum Gasteiger partial charge on any atom is -0.358 e. The minimum absolute atomic E-state index is 0.0934. The van der Waals surface area contributed by atoms with Crippen molar-refractivity contribution < 1.29 is 4.90 Å². The molecule has 130 valence electrons. The van der Waals surface area contributed by atoms with Crippen LogP contribution in [0.4, 0.5) is 0 Å². The summed E-state index contributed by atoms with van der Waals surface area (Å²) in [5, 5.41) is 1.29. The van der Waals surface area contributed by atoms with Crippen LogP contribution in [0.1, 0.15) is 29.3 Å². The number of quaternary nitrogens is 1. The quantitative estimate of drug-likeness (QED) is 0.723. The van der Waals surface area contributed by atoms with Gasteiger partial charge in [0, 0.05) is 21.7 Å². The van der Waals surface area contributed by atoms with E-state index in [0.29, 0.717) is 17.0 Å². The standard InChI is InChI=1S/C21H23ClN2O/c1-4-24(12-16-8-6-5-7-9-16)13-19-15(3)23-20-14(2)10-17(22)11-18(20)21(19)25/h5-11H,4,12-13H2,1-3H3,(H,23,25)/p+1. The largest absolute Gasteiger partial charge is 0.358 e. The van der Waals surface area contributed by atoms with Gasteiger partial charge in [0.1, 0.15) is 13.1 Å². The number of aryl methyl sites for hydroxylation is 2. The molecule has 4 heteroatoms. The Balaban J connectivity index is 1.99. The first-order valence-electron chi connectivity index (χ1n) is 8.68. The van der Waals surface area contributed by atoms with Crippen LogP contribution in [-0.2, 0) is 13.1 Å². The fourth-order valence-electron chi connectivity index (χ4n) is 3.34. The van der Waals surface area contributed by atoms with E-state index in [4.69, 9.17) is 11.6 Å². The molecule has 1 unspecified atom stereocenters. The second-order valence-corrected chi connectivity index (χ2v) is 7.08. The van der Waals surface area contributed by atoms with Crippen molar-refractivity contribution in [3.05, 3.63) is 80.1 Å². The van der Waals surface area contributed by atoms with E-state index in [1.807, 2.05) is 26.0 Å². The summed E-state index contributed by atoms with van der Waals surface area (Å²) in [6, 6.07) is 14.1. The molecule has 1 atom stereocenters. The minimum atomic E-state index is 0.0934. The number of hydrogen-bond donors (Lipinski definition) is 2. The van der Waals surface area contributed by atoms with Gasteiger partial charge in [0.05, 0.1) is 17.6 Å². The van der Waals surface area contributed by atoms with Gasteiger partial charge >= 0.3 is 0 Å². The van der Waals surface area contributed by atoms with Crippen molar-refractivity contribution in [2.45, 2.75) is 33.9 Å². The third-order valence-corrected chi connectivity index (χ3v) is 5.03. The molecule has 1 heterocycles. The van der Waals surface area contributed by atoms with Gasteiger partial charge in [-0.05, 0) is 38.5 Å². The molecule has 2 aromatic carbocycles. The molecule has 0 saturated heterocycles. The van der Waals surface area contributed by atoms with E-state index >= 15 is 0 Å². The average molecular weight is 356 g/mol. The highest BCUT2D eigenvalue weighted by Gasteiger charge is 2.17. The van der Waals surface area contributed by atoms with Crippen molar-refractivity contribution in [3.63, 3.8) is 0 Å². The van der Waals surface area contributed by atoms with Crippen molar-refractivity contribution in [1.29, 1.82) is 0 Å². The zero-order valence-electron chi connectivity index (χ0n) is 14.9. The molecule has 0 amide bonds. The van der Waals surface area contributed by atoms with Crippen LogP contribution in [0.2, 0.25) is 5.02 Å². The van der Waals surface area contributed by atoms with E-state index in [1.54, 1.807) is 6.07 Å². The highest BCUT2D eigenvalue weighted by molar-refractivity contribution is 6.31. The van der Waals surface area contributed by atoms with Crippen molar-refractivity contribution in [1.82, 2.24) is 4.98 Å². The highest BCUT2D eigenvalue weighted by atomic mass is 35.5. The summed E-state index contributed by atoms with van der Waals surface area (Å²) in [4.78, 5) is 17.8. The molecule has 1 aromatic heterocycles. The molecule has 0 saturated carbocycles. The Morgan fingerprint density at radius 1 is 1.08 bits per heavy atom. The second kappa shape index (κ2) is 7.42. The van der Waals surface area contributed by atoms with Crippen LogP contribution in [0.25, 0.3) is 10.9 Å². The lowest BCUT2D eigenvalue weighted by Crippen LogP contribution is -3.09. The third-order valence-electron chi connectivity index (χ3n) is 4.81. The van der Waals surface area contributed by atoms with Gasteiger partial charge in [-0.3, -0.25) is 4.79 Å². The number of aromatic amines is 1. The number of H-pyrrole nitrogens is 1. The highest BCUT2D eigenvalue weighted by Crippen LogP contribution is 2.20. The molecule has 0 aliphatic rings. The molecule has 0 radical (unpaired) electrons. The van der Waals surface area contributed by atoms with Crippen molar-refractivity contribution in [3.8, 4) is 0 Å². The lowest BCUT2D eigenvalue weighted by atomic mass is 10.0. The lowest BCUT2D eigenvalue weighted by molar-refractivity contribution is -0.925. The number of nitrogens with one attached hydrogen (secondary N) is 2. The maximum absolute atomic E-state index is 13.1.